The summed E-state index contributed by atoms with van der Waals surface area (Å²) in [4.78, 5) is 0.827. The van der Waals surface area contributed by atoms with Crippen LogP contribution in [0, 0.1) is 0 Å². The molecule has 0 amide bonds. The van der Waals surface area contributed by atoms with Crippen molar-refractivity contribution >= 4 is 16.5 Å². The first-order valence-corrected chi connectivity index (χ1v) is 6.11. The molecule has 1 rings (SSSR count). The van der Waals surface area contributed by atoms with Crippen molar-refractivity contribution in [3.63, 3.8) is 0 Å². The van der Waals surface area contributed by atoms with Crippen LogP contribution < -0.4 is 5.73 Å². The Hall–Kier alpha value is -0.870. The summed E-state index contributed by atoms with van der Waals surface area (Å²) in [5.74, 6) is 0. The Labute approximate surface area is 93.1 Å². The lowest BCUT2D eigenvalue weighted by atomic mass is 10.3. The van der Waals surface area contributed by atoms with Crippen molar-refractivity contribution < 1.29 is 8.95 Å². The van der Waals surface area contributed by atoms with Crippen molar-refractivity contribution in [3.8, 4) is 0 Å². The minimum atomic E-state index is -0.973. The summed E-state index contributed by atoms with van der Waals surface area (Å²) in [5, 5.41) is 0.105. The molecule has 0 bridgehead atoms. The highest BCUT2D eigenvalue weighted by atomic mass is 32.2. The van der Waals surface area contributed by atoms with Gasteiger partial charge >= 0.3 is 0 Å². The molecule has 0 aliphatic heterocycles. The van der Waals surface area contributed by atoms with Crippen LogP contribution in [-0.4, -0.2) is 23.2 Å². The normalized spacial score (nSPS) is 14.8. The number of hydrogen-bond acceptors (Lipinski definition) is 3. The third-order valence-corrected chi connectivity index (χ3v) is 3.91. The molecular weight excluding hydrogens is 210 g/mol. The molecule has 0 aliphatic rings. The van der Waals surface area contributed by atoms with Gasteiger partial charge in [-0.1, -0.05) is 6.92 Å². The second kappa shape index (κ2) is 5.88. The molecule has 0 heterocycles. The third-order valence-electron chi connectivity index (χ3n) is 2.21. The van der Waals surface area contributed by atoms with Gasteiger partial charge in [0.05, 0.1) is 10.8 Å². The van der Waals surface area contributed by atoms with E-state index in [-0.39, 0.29) is 5.25 Å². The molecular formula is C11H17NO2S. The van der Waals surface area contributed by atoms with Gasteiger partial charge in [0.15, 0.2) is 0 Å². The summed E-state index contributed by atoms with van der Waals surface area (Å²) < 4.78 is 16.9. The zero-order valence-electron chi connectivity index (χ0n) is 9.10. The lowest BCUT2D eigenvalue weighted by Crippen LogP contribution is -2.13. The standard InChI is InChI=1S/C11H17NO2S/c1-9(7-8-14-2)15(13)11-5-3-10(12)4-6-11/h3-6,9H,7-8,12H2,1-2H3. The van der Waals surface area contributed by atoms with Gasteiger partial charge in [-0.05, 0) is 30.7 Å². The maximum Gasteiger partial charge on any atom is 0.0558 e. The molecule has 3 nitrogen and oxygen atoms in total. The number of ether oxygens (including phenoxy) is 1. The van der Waals surface area contributed by atoms with E-state index in [2.05, 4.69) is 0 Å². The van der Waals surface area contributed by atoms with E-state index < -0.39 is 10.8 Å². The second-order valence-electron chi connectivity index (χ2n) is 3.46. The zero-order chi connectivity index (χ0) is 11.3. The molecule has 1 aromatic rings. The minimum absolute atomic E-state index is 0.105. The van der Waals surface area contributed by atoms with Crippen LogP contribution in [0.1, 0.15) is 13.3 Å². The number of nitrogens with two attached hydrogens (primary N) is 1. The monoisotopic (exact) mass is 227 g/mol. The minimum Gasteiger partial charge on any atom is -0.399 e. The van der Waals surface area contributed by atoms with Gasteiger partial charge in [-0.15, -0.1) is 0 Å². The Balaban J connectivity index is 2.63. The lowest BCUT2D eigenvalue weighted by molar-refractivity contribution is 0.195. The van der Waals surface area contributed by atoms with Crippen LogP contribution in [0.3, 0.4) is 0 Å². The molecule has 0 saturated carbocycles. The van der Waals surface area contributed by atoms with Gasteiger partial charge < -0.3 is 10.5 Å². The first-order valence-electron chi connectivity index (χ1n) is 4.90. The molecule has 84 valence electrons. The smallest absolute Gasteiger partial charge is 0.0558 e. The van der Waals surface area contributed by atoms with Crippen LogP contribution in [0.15, 0.2) is 29.2 Å². The SMILES string of the molecule is COCCC(C)S(=O)c1ccc(N)cc1. The first kappa shape index (κ1) is 12.2. The fourth-order valence-electron chi connectivity index (χ4n) is 1.23. The van der Waals surface area contributed by atoms with E-state index in [1.807, 2.05) is 19.1 Å². The molecule has 0 spiro atoms. The summed E-state index contributed by atoms with van der Waals surface area (Å²) >= 11 is 0. The van der Waals surface area contributed by atoms with Crippen LogP contribution in [0.25, 0.3) is 0 Å². The van der Waals surface area contributed by atoms with E-state index in [0.717, 1.165) is 11.3 Å². The number of nitrogen functional groups attached to an aromatic ring is 1. The Morgan fingerprint density at radius 2 is 2.00 bits per heavy atom. The van der Waals surface area contributed by atoms with Crippen molar-refractivity contribution in [2.75, 3.05) is 19.5 Å². The topological polar surface area (TPSA) is 52.3 Å². The number of anilines is 1. The van der Waals surface area contributed by atoms with Crippen LogP contribution in [-0.2, 0) is 15.5 Å². The second-order valence-corrected chi connectivity index (χ2v) is 5.33. The van der Waals surface area contributed by atoms with E-state index >= 15 is 0 Å². The van der Waals surface area contributed by atoms with Gasteiger partial charge in [-0.25, -0.2) is 0 Å². The molecule has 0 fully saturated rings. The highest BCUT2D eigenvalue weighted by molar-refractivity contribution is 7.85. The summed E-state index contributed by atoms with van der Waals surface area (Å²) in [6.45, 7) is 2.60. The van der Waals surface area contributed by atoms with Crippen LogP contribution in [0.2, 0.25) is 0 Å². The Morgan fingerprint density at radius 1 is 1.40 bits per heavy atom. The van der Waals surface area contributed by atoms with E-state index in [4.69, 9.17) is 10.5 Å². The van der Waals surface area contributed by atoms with Gasteiger partial charge in [-0.2, -0.15) is 0 Å². The van der Waals surface area contributed by atoms with Gasteiger partial charge in [-0.3, -0.25) is 4.21 Å². The number of benzene rings is 1. The van der Waals surface area contributed by atoms with Gasteiger partial charge in [0, 0.05) is 29.5 Å². The third kappa shape index (κ3) is 3.64. The molecule has 0 radical (unpaired) electrons. The Kier molecular flexibility index (Phi) is 4.78. The van der Waals surface area contributed by atoms with E-state index in [0.29, 0.717) is 12.3 Å². The van der Waals surface area contributed by atoms with E-state index in [1.54, 1.807) is 19.2 Å². The average Bonchev–Trinajstić information content (AvgIpc) is 2.26. The molecule has 2 N–H and O–H groups in total. The molecule has 0 aromatic heterocycles. The lowest BCUT2D eigenvalue weighted by Gasteiger charge is -2.10. The average molecular weight is 227 g/mol. The van der Waals surface area contributed by atoms with E-state index in [9.17, 15) is 4.21 Å². The highest BCUT2D eigenvalue weighted by Gasteiger charge is 2.12. The molecule has 1 aromatic carbocycles. The Morgan fingerprint density at radius 3 is 2.53 bits per heavy atom. The van der Waals surface area contributed by atoms with Crippen molar-refractivity contribution in [2.45, 2.75) is 23.5 Å². The first-order chi connectivity index (χ1) is 7.15. The summed E-state index contributed by atoms with van der Waals surface area (Å²) in [7, 11) is 0.678. The maximum atomic E-state index is 12.0. The summed E-state index contributed by atoms with van der Waals surface area (Å²) in [6.07, 6.45) is 0.799. The fourth-order valence-corrected chi connectivity index (χ4v) is 2.40. The molecule has 2 atom stereocenters. The summed E-state index contributed by atoms with van der Waals surface area (Å²) in [5.41, 5.74) is 6.26. The van der Waals surface area contributed by atoms with E-state index in [1.165, 1.54) is 0 Å². The number of hydrogen-bond donors (Lipinski definition) is 1. The van der Waals surface area contributed by atoms with Crippen LogP contribution in [0.5, 0.6) is 0 Å². The fraction of sp³-hybridized carbons (Fsp3) is 0.455. The van der Waals surface area contributed by atoms with Crippen LogP contribution in [0.4, 0.5) is 5.69 Å². The zero-order valence-corrected chi connectivity index (χ0v) is 9.92. The van der Waals surface area contributed by atoms with Gasteiger partial charge in [0.25, 0.3) is 0 Å². The summed E-state index contributed by atoms with van der Waals surface area (Å²) in [6, 6.07) is 7.18. The van der Waals surface area contributed by atoms with Crippen molar-refractivity contribution in [2.24, 2.45) is 0 Å². The highest BCUT2D eigenvalue weighted by Crippen LogP contribution is 2.15. The van der Waals surface area contributed by atoms with Crippen molar-refractivity contribution in [3.05, 3.63) is 24.3 Å². The largest absolute Gasteiger partial charge is 0.399 e. The molecule has 4 heteroatoms. The number of rotatable bonds is 5. The van der Waals surface area contributed by atoms with Crippen molar-refractivity contribution in [1.82, 2.24) is 0 Å². The molecule has 2 unspecified atom stereocenters. The van der Waals surface area contributed by atoms with Crippen LogP contribution >= 0.6 is 0 Å². The molecule has 0 aliphatic carbocycles. The Bertz CT molecular complexity index is 324. The predicted molar refractivity (Wildman–Crippen MR) is 63.2 cm³/mol. The quantitative estimate of drug-likeness (QED) is 0.780. The predicted octanol–water partition coefficient (Wildman–Crippen LogP) is 1.80. The van der Waals surface area contributed by atoms with Gasteiger partial charge in [0.2, 0.25) is 0 Å². The molecule has 15 heavy (non-hydrogen) atoms. The van der Waals surface area contributed by atoms with Gasteiger partial charge in [0.1, 0.15) is 0 Å². The molecule has 0 saturated heterocycles. The van der Waals surface area contributed by atoms with Crippen molar-refractivity contribution in [1.29, 1.82) is 0 Å². The number of methoxy groups -OCH3 is 1. The maximum absolute atomic E-state index is 12.0.